The predicted octanol–water partition coefficient (Wildman–Crippen LogP) is 24.4. The van der Waals surface area contributed by atoms with Gasteiger partial charge in [0.15, 0.2) is 12.2 Å². The van der Waals surface area contributed by atoms with Crippen molar-refractivity contribution in [3.05, 3.63) is 0 Å². The van der Waals surface area contributed by atoms with Gasteiger partial charge in [-0.3, -0.25) is 37.3 Å². The van der Waals surface area contributed by atoms with Crippen LogP contribution >= 0.6 is 15.6 Å². The van der Waals surface area contributed by atoms with Gasteiger partial charge < -0.3 is 33.8 Å². The third-order valence-corrected chi connectivity index (χ3v) is 21.7. The van der Waals surface area contributed by atoms with Crippen molar-refractivity contribution >= 4 is 39.5 Å². The lowest BCUT2D eigenvalue weighted by Crippen LogP contribution is -2.30. The summed E-state index contributed by atoms with van der Waals surface area (Å²) in [5.74, 6) is 1.05. The van der Waals surface area contributed by atoms with Crippen LogP contribution < -0.4 is 0 Å². The molecule has 0 aromatic carbocycles. The molecule has 0 heterocycles. The highest BCUT2D eigenvalue weighted by Crippen LogP contribution is 2.45. The maximum absolute atomic E-state index is 13.1. The Kier molecular flexibility index (Phi) is 69.6. The first-order chi connectivity index (χ1) is 48.7. The molecule has 101 heavy (non-hydrogen) atoms. The summed E-state index contributed by atoms with van der Waals surface area (Å²) in [6.07, 6.45) is 58.2. The SMILES string of the molecule is CCC(C)CCCCCCCCCCCCCCCCC(=O)O[C@H](COC(=O)CCCCCCCCCCCCCCCCCC(C)C)COP(=O)(O)OC[C@@H](O)COP(=O)(O)OC[C@@H](COC(=O)CCCCCCCCC(C)CC)OC(=O)CCCCCCCCCCCCCCC(C)C. The highest BCUT2D eigenvalue weighted by atomic mass is 31.2. The average Bonchev–Trinajstić information content (AvgIpc) is 0.948. The number of hydrogen-bond acceptors (Lipinski definition) is 15. The maximum Gasteiger partial charge on any atom is 0.472 e. The first-order valence-electron chi connectivity index (χ1n) is 42.3. The summed E-state index contributed by atoms with van der Waals surface area (Å²) < 4.78 is 68.8. The molecule has 17 nitrogen and oxygen atoms in total. The quantitative estimate of drug-likeness (QED) is 0.0222. The zero-order valence-corrected chi connectivity index (χ0v) is 68.3. The summed E-state index contributed by atoms with van der Waals surface area (Å²) in [6, 6.07) is 0. The number of carbonyl (C=O) groups excluding carboxylic acids is 4. The molecule has 0 aliphatic carbocycles. The largest absolute Gasteiger partial charge is 0.472 e. The van der Waals surface area contributed by atoms with Gasteiger partial charge in [0.1, 0.15) is 19.3 Å². The van der Waals surface area contributed by atoms with Crippen LogP contribution in [0.5, 0.6) is 0 Å². The molecule has 0 aliphatic heterocycles. The minimum Gasteiger partial charge on any atom is -0.462 e. The number of rotatable bonds is 79. The van der Waals surface area contributed by atoms with Crippen molar-refractivity contribution in [1.29, 1.82) is 0 Å². The number of aliphatic hydroxyl groups is 1. The number of phosphoric ester groups is 2. The number of aliphatic hydroxyl groups excluding tert-OH is 1. The summed E-state index contributed by atoms with van der Waals surface area (Å²) in [7, 11) is -9.92. The van der Waals surface area contributed by atoms with Gasteiger partial charge in [-0.15, -0.1) is 0 Å². The van der Waals surface area contributed by atoms with Gasteiger partial charge in [-0.05, 0) is 49.4 Å². The standard InChI is InChI=1S/C82H160O17P2/c1-9-74(7)60-52-44-36-30-24-17-14-15-19-26-32-38-48-56-64-81(86)98-77(68-92-79(84)62-54-46-37-31-25-18-13-11-12-16-22-28-34-42-50-58-72(3)4)70-96-100(88,89)94-66-76(83)67-95-101(90,91)97-71-78(69-93-80(85)63-55-47-41-40-45-53-61-75(8)10-2)99-82(87)65-57-49-39-33-27-21-20-23-29-35-43-51-59-73(5)6/h72-78,83H,9-71H2,1-8H3,(H,88,89)(H,90,91)/t74?,75?,76-,77-,78-/m1/s1. The van der Waals surface area contributed by atoms with Crippen LogP contribution in [0.15, 0.2) is 0 Å². The van der Waals surface area contributed by atoms with E-state index >= 15 is 0 Å². The summed E-state index contributed by atoms with van der Waals surface area (Å²) in [6.45, 7) is 14.3. The topological polar surface area (TPSA) is 237 Å². The molecule has 0 saturated heterocycles. The Balaban J connectivity index is 5.25. The van der Waals surface area contributed by atoms with E-state index in [2.05, 4.69) is 55.4 Å². The van der Waals surface area contributed by atoms with E-state index in [-0.39, 0.29) is 25.7 Å². The number of hydrogen-bond donors (Lipinski definition) is 3. The fourth-order valence-corrected chi connectivity index (χ4v) is 14.1. The zero-order chi connectivity index (χ0) is 74.6. The van der Waals surface area contributed by atoms with Crippen LogP contribution in [0.4, 0.5) is 0 Å². The third kappa shape index (κ3) is 73.4. The minimum atomic E-state index is -4.96. The third-order valence-electron chi connectivity index (χ3n) is 19.8. The Morgan fingerprint density at radius 3 is 0.703 bits per heavy atom. The van der Waals surface area contributed by atoms with E-state index in [9.17, 15) is 43.2 Å². The number of esters is 4. The molecular weight excluding hydrogens is 1320 g/mol. The second-order valence-corrected chi connectivity index (χ2v) is 33.9. The van der Waals surface area contributed by atoms with E-state index in [0.717, 1.165) is 120 Å². The van der Waals surface area contributed by atoms with Crippen molar-refractivity contribution < 1.29 is 80.2 Å². The van der Waals surface area contributed by atoms with Crippen molar-refractivity contribution in [2.45, 2.75) is 440 Å². The monoisotopic (exact) mass is 1480 g/mol. The molecular formula is C82H160O17P2. The lowest BCUT2D eigenvalue weighted by Gasteiger charge is -2.21. The maximum atomic E-state index is 13.1. The van der Waals surface area contributed by atoms with Crippen LogP contribution in [0.2, 0.25) is 0 Å². The van der Waals surface area contributed by atoms with E-state index in [0.29, 0.717) is 25.7 Å². The normalized spacial score (nSPS) is 14.5. The molecule has 0 bridgehead atoms. The van der Waals surface area contributed by atoms with Gasteiger partial charge >= 0.3 is 39.5 Å². The fraction of sp³-hybridized carbons (Fsp3) is 0.951. The molecule has 0 radical (unpaired) electrons. The van der Waals surface area contributed by atoms with E-state index in [1.165, 1.54) is 218 Å². The van der Waals surface area contributed by atoms with E-state index in [1.807, 2.05) is 0 Å². The first-order valence-corrected chi connectivity index (χ1v) is 45.3. The first kappa shape index (κ1) is 99.1. The van der Waals surface area contributed by atoms with Crippen LogP contribution in [-0.2, 0) is 65.4 Å². The lowest BCUT2D eigenvalue weighted by molar-refractivity contribution is -0.161. The highest BCUT2D eigenvalue weighted by molar-refractivity contribution is 7.47. The van der Waals surface area contributed by atoms with Crippen LogP contribution in [0.25, 0.3) is 0 Å². The Bertz CT molecular complexity index is 1980. The molecule has 3 N–H and O–H groups in total. The Hall–Kier alpha value is -1.94. The number of ether oxygens (including phenoxy) is 4. The molecule has 0 aromatic rings. The molecule has 600 valence electrons. The Morgan fingerprint density at radius 1 is 0.277 bits per heavy atom. The van der Waals surface area contributed by atoms with E-state index in [1.54, 1.807) is 0 Å². The van der Waals surface area contributed by atoms with Gasteiger partial charge in [0.25, 0.3) is 0 Å². The smallest absolute Gasteiger partial charge is 0.462 e. The molecule has 0 rings (SSSR count). The van der Waals surface area contributed by atoms with Crippen molar-refractivity contribution in [2.24, 2.45) is 23.7 Å². The van der Waals surface area contributed by atoms with Crippen molar-refractivity contribution in [3.8, 4) is 0 Å². The summed E-state index contributed by atoms with van der Waals surface area (Å²) >= 11 is 0. The molecule has 0 amide bonds. The van der Waals surface area contributed by atoms with E-state index in [4.69, 9.17) is 37.0 Å². The zero-order valence-electron chi connectivity index (χ0n) is 66.5. The van der Waals surface area contributed by atoms with Crippen LogP contribution in [-0.4, -0.2) is 96.7 Å². The summed E-state index contributed by atoms with van der Waals surface area (Å²) in [5, 5.41) is 10.6. The number of unbranched alkanes of at least 4 members (excludes halogenated alkanes) is 43. The molecule has 0 fully saturated rings. The molecule has 0 aromatic heterocycles. The van der Waals surface area contributed by atoms with Crippen molar-refractivity contribution in [2.75, 3.05) is 39.6 Å². The summed E-state index contributed by atoms with van der Waals surface area (Å²) in [5.41, 5.74) is 0. The second kappa shape index (κ2) is 71.0. The van der Waals surface area contributed by atoms with Crippen LogP contribution in [0, 0.1) is 23.7 Å². The second-order valence-electron chi connectivity index (χ2n) is 31.0. The molecule has 4 unspecified atom stereocenters. The van der Waals surface area contributed by atoms with Gasteiger partial charge in [0, 0.05) is 25.7 Å². The molecule has 0 spiro atoms. The minimum absolute atomic E-state index is 0.106. The Labute approximate surface area is 619 Å². The van der Waals surface area contributed by atoms with Gasteiger partial charge in [-0.1, -0.05) is 370 Å². The fourth-order valence-electron chi connectivity index (χ4n) is 12.5. The lowest BCUT2D eigenvalue weighted by atomic mass is 9.99. The number of carbonyl (C=O) groups is 4. The van der Waals surface area contributed by atoms with Gasteiger partial charge in [0.05, 0.1) is 26.4 Å². The van der Waals surface area contributed by atoms with Gasteiger partial charge in [-0.25, -0.2) is 9.13 Å². The van der Waals surface area contributed by atoms with Gasteiger partial charge in [-0.2, -0.15) is 0 Å². The van der Waals surface area contributed by atoms with E-state index < -0.39 is 97.5 Å². The Morgan fingerprint density at radius 2 is 0.475 bits per heavy atom. The van der Waals surface area contributed by atoms with Crippen LogP contribution in [0.1, 0.15) is 421 Å². The summed E-state index contributed by atoms with van der Waals surface area (Å²) in [4.78, 5) is 73.1. The van der Waals surface area contributed by atoms with Crippen LogP contribution in [0.3, 0.4) is 0 Å². The van der Waals surface area contributed by atoms with Crippen molar-refractivity contribution in [1.82, 2.24) is 0 Å². The van der Waals surface area contributed by atoms with Crippen molar-refractivity contribution in [3.63, 3.8) is 0 Å². The van der Waals surface area contributed by atoms with Gasteiger partial charge in [0.2, 0.25) is 0 Å². The molecule has 0 saturated carbocycles. The molecule has 0 aliphatic rings. The molecule has 19 heteroatoms. The average molecular weight is 1480 g/mol. The number of phosphoric acid groups is 2. The predicted molar refractivity (Wildman–Crippen MR) is 414 cm³/mol. The highest BCUT2D eigenvalue weighted by Gasteiger charge is 2.30. The molecule has 7 atom stereocenters.